The third-order valence-electron chi connectivity index (χ3n) is 3.05. The number of hydrogen-bond acceptors (Lipinski definition) is 7. The van der Waals surface area contributed by atoms with Crippen molar-refractivity contribution in [2.45, 2.75) is 18.1 Å². The average Bonchev–Trinajstić information content (AvgIpc) is 2.94. The van der Waals surface area contributed by atoms with E-state index in [1.165, 1.54) is 32.2 Å². The summed E-state index contributed by atoms with van der Waals surface area (Å²) < 4.78 is 23.5. The number of hydrogen-bond donors (Lipinski definition) is 3. The van der Waals surface area contributed by atoms with Gasteiger partial charge in [-0.05, 0) is 19.1 Å². The normalized spacial score (nSPS) is 11.4. The monoisotopic (exact) mass is 342 g/mol. The summed E-state index contributed by atoms with van der Waals surface area (Å²) in [6.45, 7) is 3.01. The molecule has 1 amide bonds. The molecule has 0 bridgehead atoms. The number of sulfone groups is 1. The quantitative estimate of drug-likeness (QED) is 0.731. The predicted octanol–water partition coefficient (Wildman–Crippen LogP) is 1.91. The Morgan fingerprint density at radius 2 is 2.05 bits per heavy atom. The van der Waals surface area contributed by atoms with E-state index in [-0.39, 0.29) is 37.7 Å². The van der Waals surface area contributed by atoms with Gasteiger partial charge in [-0.1, -0.05) is 18.3 Å². The molecule has 0 saturated carbocycles. The van der Waals surface area contributed by atoms with Gasteiger partial charge in [-0.15, -0.1) is 0 Å². The van der Waals surface area contributed by atoms with E-state index in [0.29, 0.717) is 0 Å². The lowest BCUT2D eigenvalue weighted by molar-refractivity contribution is 0.102. The SMILES string of the molecule is CCS(=O)(=O)c1cnc(NC(=O)c2ccc(O)c(O)c2C)s1. The minimum atomic E-state index is -3.37. The summed E-state index contributed by atoms with van der Waals surface area (Å²) in [7, 11) is -3.37. The Hall–Kier alpha value is -2.13. The summed E-state index contributed by atoms with van der Waals surface area (Å²) in [6, 6.07) is 2.56. The highest BCUT2D eigenvalue weighted by atomic mass is 32.2. The Labute approximate surface area is 131 Å². The van der Waals surface area contributed by atoms with Crippen molar-refractivity contribution >= 4 is 32.2 Å². The van der Waals surface area contributed by atoms with Crippen molar-refractivity contribution in [3.63, 3.8) is 0 Å². The Bertz CT molecular complexity index is 827. The fourth-order valence-corrected chi connectivity index (χ4v) is 3.84. The number of carbonyl (C=O) groups excluding carboxylic acids is 1. The number of nitrogens with zero attached hydrogens (tertiary/aromatic N) is 1. The van der Waals surface area contributed by atoms with Crippen LogP contribution in [0.5, 0.6) is 11.5 Å². The molecule has 0 spiro atoms. The Kier molecular flexibility index (Phi) is 4.38. The zero-order valence-corrected chi connectivity index (χ0v) is 13.5. The maximum absolute atomic E-state index is 12.1. The number of aromatic hydroxyl groups is 2. The molecule has 7 nitrogen and oxygen atoms in total. The molecule has 0 atom stereocenters. The molecular weight excluding hydrogens is 328 g/mol. The van der Waals surface area contributed by atoms with Gasteiger partial charge in [0.1, 0.15) is 4.21 Å². The van der Waals surface area contributed by atoms with Crippen LogP contribution in [0.3, 0.4) is 0 Å². The summed E-state index contributed by atoms with van der Waals surface area (Å²) in [5.41, 5.74) is 0.376. The number of nitrogens with one attached hydrogen (secondary N) is 1. The van der Waals surface area contributed by atoms with Gasteiger partial charge >= 0.3 is 0 Å². The molecule has 22 heavy (non-hydrogen) atoms. The third kappa shape index (κ3) is 3.04. The second-order valence-corrected chi connectivity index (χ2v) is 7.98. The molecule has 2 aromatic rings. The molecule has 0 unspecified atom stereocenters. The van der Waals surface area contributed by atoms with Crippen LogP contribution in [-0.2, 0) is 9.84 Å². The Morgan fingerprint density at radius 1 is 1.36 bits per heavy atom. The van der Waals surface area contributed by atoms with Gasteiger partial charge in [0.05, 0.1) is 11.9 Å². The number of thiazole rings is 1. The lowest BCUT2D eigenvalue weighted by atomic mass is 10.1. The fraction of sp³-hybridized carbons (Fsp3) is 0.231. The number of anilines is 1. The molecule has 0 fully saturated rings. The second kappa shape index (κ2) is 5.93. The third-order valence-corrected chi connectivity index (χ3v) is 6.24. The zero-order valence-electron chi connectivity index (χ0n) is 11.8. The van der Waals surface area contributed by atoms with E-state index in [2.05, 4.69) is 10.3 Å². The van der Waals surface area contributed by atoms with Gasteiger partial charge in [0.2, 0.25) is 0 Å². The van der Waals surface area contributed by atoms with Crippen molar-refractivity contribution in [3.05, 3.63) is 29.5 Å². The first kappa shape index (κ1) is 16.2. The van der Waals surface area contributed by atoms with Gasteiger partial charge in [-0.3, -0.25) is 10.1 Å². The maximum atomic E-state index is 12.1. The molecule has 1 aromatic heterocycles. The highest BCUT2D eigenvalue weighted by Crippen LogP contribution is 2.31. The predicted molar refractivity (Wildman–Crippen MR) is 82.3 cm³/mol. The van der Waals surface area contributed by atoms with Crippen LogP contribution in [-0.4, -0.2) is 35.3 Å². The first-order valence-electron chi connectivity index (χ1n) is 6.27. The van der Waals surface area contributed by atoms with Crippen molar-refractivity contribution in [2.24, 2.45) is 0 Å². The first-order chi connectivity index (χ1) is 10.3. The van der Waals surface area contributed by atoms with E-state index in [0.717, 1.165) is 11.3 Å². The van der Waals surface area contributed by atoms with Crippen LogP contribution in [0.15, 0.2) is 22.5 Å². The van der Waals surface area contributed by atoms with Crippen LogP contribution < -0.4 is 5.32 Å². The largest absolute Gasteiger partial charge is 0.504 e. The van der Waals surface area contributed by atoms with Crippen LogP contribution in [0, 0.1) is 6.92 Å². The van der Waals surface area contributed by atoms with E-state index >= 15 is 0 Å². The summed E-state index contributed by atoms with van der Waals surface area (Å²) in [5.74, 6) is -1.30. The van der Waals surface area contributed by atoms with Crippen molar-refractivity contribution in [1.29, 1.82) is 0 Å². The standard InChI is InChI=1S/C13H14N2O5S2/c1-3-22(19,20)10-6-14-13(21-10)15-12(18)8-4-5-9(16)11(17)7(8)2/h4-6,16-17H,3H2,1-2H3,(H,14,15,18). The summed E-state index contributed by atoms with van der Waals surface area (Å²) in [6.07, 6.45) is 1.19. The minimum absolute atomic E-state index is 0.0481. The molecule has 0 aliphatic carbocycles. The number of rotatable bonds is 4. The number of phenols is 2. The Balaban J connectivity index is 2.25. The highest BCUT2D eigenvalue weighted by Gasteiger charge is 2.19. The fourth-order valence-electron chi connectivity index (χ4n) is 1.70. The minimum Gasteiger partial charge on any atom is -0.504 e. The van der Waals surface area contributed by atoms with Crippen molar-refractivity contribution in [1.82, 2.24) is 4.98 Å². The van der Waals surface area contributed by atoms with E-state index in [9.17, 15) is 23.4 Å². The number of amides is 1. The maximum Gasteiger partial charge on any atom is 0.257 e. The van der Waals surface area contributed by atoms with E-state index < -0.39 is 15.7 Å². The molecule has 3 N–H and O–H groups in total. The summed E-state index contributed by atoms with van der Waals surface area (Å²) in [5, 5.41) is 21.6. The molecule has 1 heterocycles. The molecular formula is C13H14N2O5S2. The summed E-state index contributed by atoms with van der Waals surface area (Å²) >= 11 is 0.858. The number of benzene rings is 1. The highest BCUT2D eigenvalue weighted by molar-refractivity contribution is 7.93. The van der Waals surface area contributed by atoms with Gasteiger partial charge < -0.3 is 10.2 Å². The van der Waals surface area contributed by atoms with Crippen LogP contribution >= 0.6 is 11.3 Å². The number of phenolic OH excluding ortho intramolecular Hbond substituents is 2. The molecule has 118 valence electrons. The average molecular weight is 342 g/mol. The van der Waals surface area contributed by atoms with Crippen molar-refractivity contribution < 1.29 is 23.4 Å². The van der Waals surface area contributed by atoms with Crippen molar-refractivity contribution in [2.75, 3.05) is 11.1 Å². The number of aromatic nitrogens is 1. The van der Waals surface area contributed by atoms with Gasteiger partial charge in [-0.25, -0.2) is 13.4 Å². The van der Waals surface area contributed by atoms with Crippen LogP contribution in [0.2, 0.25) is 0 Å². The van der Waals surface area contributed by atoms with Gasteiger partial charge in [0, 0.05) is 11.1 Å². The van der Waals surface area contributed by atoms with Crippen LogP contribution in [0.4, 0.5) is 5.13 Å². The topological polar surface area (TPSA) is 117 Å². The van der Waals surface area contributed by atoms with Crippen molar-refractivity contribution in [3.8, 4) is 11.5 Å². The first-order valence-corrected chi connectivity index (χ1v) is 8.74. The van der Waals surface area contributed by atoms with E-state index in [1.807, 2.05) is 0 Å². The molecule has 0 aliphatic rings. The second-order valence-electron chi connectivity index (χ2n) is 4.45. The Morgan fingerprint density at radius 3 is 2.68 bits per heavy atom. The lowest BCUT2D eigenvalue weighted by Gasteiger charge is -2.08. The van der Waals surface area contributed by atoms with Gasteiger partial charge in [0.25, 0.3) is 5.91 Å². The summed E-state index contributed by atoms with van der Waals surface area (Å²) in [4.78, 5) is 16.0. The molecule has 2 rings (SSSR count). The number of carbonyl (C=O) groups is 1. The molecule has 1 aromatic carbocycles. The molecule has 0 aliphatic heterocycles. The lowest BCUT2D eigenvalue weighted by Crippen LogP contribution is -2.13. The molecule has 0 radical (unpaired) electrons. The molecule has 0 saturated heterocycles. The molecule has 9 heteroatoms. The van der Waals surface area contributed by atoms with Gasteiger partial charge in [0.15, 0.2) is 26.5 Å². The van der Waals surface area contributed by atoms with E-state index in [1.54, 1.807) is 0 Å². The van der Waals surface area contributed by atoms with E-state index in [4.69, 9.17) is 0 Å². The van der Waals surface area contributed by atoms with Crippen LogP contribution in [0.25, 0.3) is 0 Å². The smallest absolute Gasteiger partial charge is 0.257 e. The van der Waals surface area contributed by atoms with Crippen LogP contribution in [0.1, 0.15) is 22.8 Å². The van der Waals surface area contributed by atoms with Gasteiger partial charge in [-0.2, -0.15) is 0 Å². The zero-order chi connectivity index (χ0) is 16.5.